The van der Waals surface area contributed by atoms with Crippen LogP contribution < -0.4 is 4.90 Å². The Morgan fingerprint density at radius 1 is 1.12 bits per heavy atom. The quantitative estimate of drug-likeness (QED) is 0.598. The third-order valence-electron chi connectivity index (χ3n) is 6.12. The number of nitrogens with zero attached hydrogens (tertiary/aromatic N) is 5. The summed E-state index contributed by atoms with van der Waals surface area (Å²) in [6.45, 7) is 1.53. The van der Waals surface area contributed by atoms with Crippen LogP contribution in [0.15, 0.2) is 42.7 Å². The van der Waals surface area contributed by atoms with Crippen LogP contribution in [0.3, 0.4) is 0 Å². The first-order valence-electron chi connectivity index (χ1n) is 11.1. The number of morpholine rings is 1. The van der Waals surface area contributed by atoms with E-state index in [1.807, 2.05) is 61.3 Å². The van der Waals surface area contributed by atoms with Gasteiger partial charge in [0, 0.05) is 70.6 Å². The van der Waals surface area contributed by atoms with Gasteiger partial charge in [-0.25, -0.2) is 4.98 Å². The zero-order valence-corrected chi connectivity index (χ0v) is 19.9. The maximum Gasteiger partial charge on any atom is 0.255 e. The smallest absolute Gasteiger partial charge is 0.255 e. The van der Waals surface area contributed by atoms with Gasteiger partial charge < -0.3 is 24.0 Å². The Kier molecular flexibility index (Phi) is 6.37. The van der Waals surface area contributed by atoms with E-state index in [2.05, 4.69) is 15.7 Å². The Labute approximate surface area is 194 Å². The summed E-state index contributed by atoms with van der Waals surface area (Å²) in [7, 11) is 9.34. The van der Waals surface area contributed by atoms with Gasteiger partial charge in [0.05, 0.1) is 24.8 Å². The standard InChI is InChI=1S/C25H31N5O3/c1-27(2)23-9-7-18(14-26-23)25(32)30-10-11-33-16-20(30)12-19-15-29(5)22-8-6-17(13-21(19)22)24(31)28(3)4/h6-9,13-15,20H,10-12,16H2,1-5H3/t20-/m0/s1. The Balaban J connectivity index is 1.62. The molecule has 3 aromatic rings. The first-order chi connectivity index (χ1) is 15.8. The average Bonchev–Trinajstić information content (AvgIpc) is 3.13. The molecule has 1 aliphatic heterocycles. The average molecular weight is 450 g/mol. The molecule has 0 aliphatic carbocycles. The summed E-state index contributed by atoms with van der Waals surface area (Å²) >= 11 is 0. The van der Waals surface area contributed by atoms with Crippen LogP contribution in [0.25, 0.3) is 10.9 Å². The molecule has 1 aromatic carbocycles. The summed E-state index contributed by atoms with van der Waals surface area (Å²) in [4.78, 5) is 35.6. The van der Waals surface area contributed by atoms with E-state index in [4.69, 9.17) is 4.74 Å². The number of benzene rings is 1. The maximum atomic E-state index is 13.3. The molecule has 1 atom stereocenters. The van der Waals surface area contributed by atoms with E-state index < -0.39 is 0 Å². The lowest BCUT2D eigenvalue weighted by Crippen LogP contribution is -2.49. The third-order valence-corrected chi connectivity index (χ3v) is 6.12. The van der Waals surface area contributed by atoms with Crippen LogP contribution in [0.5, 0.6) is 0 Å². The van der Waals surface area contributed by atoms with Crippen LogP contribution in [0, 0.1) is 0 Å². The van der Waals surface area contributed by atoms with E-state index in [0.717, 1.165) is 22.3 Å². The number of carbonyl (C=O) groups excluding carboxylic acids is 2. The van der Waals surface area contributed by atoms with Gasteiger partial charge in [-0.2, -0.15) is 0 Å². The minimum absolute atomic E-state index is 0.0295. The molecule has 1 saturated heterocycles. The van der Waals surface area contributed by atoms with Crippen LogP contribution in [0.2, 0.25) is 0 Å². The van der Waals surface area contributed by atoms with Crippen LogP contribution >= 0.6 is 0 Å². The van der Waals surface area contributed by atoms with Gasteiger partial charge in [0.15, 0.2) is 0 Å². The van der Waals surface area contributed by atoms with Crippen molar-refractivity contribution in [2.45, 2.75) is 12.5 Å². The van der Waals surface area contributed by atoms with E-state index in [1.54, 1.807) is 25.2 Å². The highest BCUT2D eigenvalue weighted by Gasteiger charge is 2.29. The number of hydrogen-bond acceptors (Lipinski definition) is 5. The fraction of sp³-hybridized carbons (Fsp3) is 0.400. The molecule has 33 heavy (non-hydrogen) atoms. The lowest BCUT2D eigenvalue weighted by Gasteiger charge is -2.35. The van der Waals surface area contributed by atoms with Crippen molar-refractivity contribution >= 4 is 28.5 Å². The van der Waals surface area contributed by atoms with Gasteiger partial charge in [-0.05, 0) is 42.3 Å². The molecule has 3 heterocycles. The van der Waals surface area contributed by atoms with Crippen molar-refractivity contribution in [2.24, 2.45) is 7.05 Å². The molecule has 4 rings (SSSR count). The van der Waals surface area contributed by atoms with Crippen molar-refractivity contribution in [1.29, 1.82) is 0 Å². The normalized spacial score (nSPS) is 16.2. The Morgan fingerprint density at radius 2 is 1.88 bits per heavy atom. The number of fused-ring (bicyclic) bond motifs is 1. The Hall–Kier alpha value is -3.39. The minimum atomic E-state index is -0.0985. The van der Waals surface area contributed by atoms with Gasteiger partial charge in [0.1, 0.15) is 5.82 Å². The van der Waals surface area contributed by atoms with Gasteiger partial charge in [-0.15, -0.1) is 0 Å². The topological polar surface area (TPSA) is 70.9 Å². The summed E-state index contributed by atoms with van der Waals surface area (Å²) in [6, 6.07) is 9.38. The summed E-state index contributed by atoms with van der Waals surface area (Å²) in [5.74, 6) is 0.743. The molecule has 0 bridgehead atoms. The molecule has 2 aromatic heterocycles. The molecule has 8 nitrogen and oxygen atoms in total. The number of pyridine rings is 1. The number of rotatable bonds is 5. The zero-order valence-electron chi connectivity index (χ0n) is 19.9. The predicted molar refractivity (Wildman–Crippen MR) is 129 cm³/mol. The number of carbonyl (C=O) groups is 2. The van der Waals surface area contributed by atoms with Crippen molar-refractivity contribution in [1.82, 2.24) is 19.4 Å². The molecule has 1 aliphatic rings. The van der Waals surface area contributed by atoms with Crippen molar-refractivity contribution in [2.75, 3.05) is 52.8 Å². The van der Waals surface area contributed by atoms with Crippen molar-refractivity contribution in [3.8, 4) is 0 Å². The molecular weight excluding hydrogens is 418 g/mol. The van der Waals surface area contributed by atoms with Gasteiger partial charge in [0.2, 0.25) is 0 Å². The first-order valence-corrected chi connectivity index (χ1v) is 11.1. The van der Waals surface area contributed by atoms with Gasteiger partial charge in [0.25, 0.3) is 11.8 Å². The maximum absolute atomic E-state index is 13.3. The molecule has 0 spiro atoms. The second kappa shape index (κ2) is 9.23. The van der Waals surface area contributed by atoms with Crippen molar-refractivity contribution in [3.05, 3.63) is 59.4 Å². The van der Waals surface area contributed by atoms with E-state index >= 15 is 0 Å². The van der Waals surface area contributed by atoms with Crippen LogP contribution in [0.1, 0.15) is 26.3 Å². The second-order valence-corrected chi connectivity index (χ2v) is 8.93. The molecule has 1 fully saturated rings. The summed E-state index contributed by atoms with van der Waals surface area (Å²) in [5, 5.41) is 1.03. The number of aromatic nitrogens is 2. The Bertz CT molecular complexity index is 1170. The minimum Gasteiger partial charge on any atom is -0.377 e. The molecule has 0 unspecified atom stereocenters. The Morgan fingerprint density at radius 3 is 2.55 bits per heavy atom. The van der Waals surface area contributed by atoms with Gasteiger partial charge >= 0.3 is 0 Å². The summed E-state index contributed by atoms with van der Waals surface area (Å²) in [5.41, 5.74) is 3.37. The third kappa shape index (κ3) is 4.57. The zero-order chi connectivity index (χ0) is 23.7. The largest absolute Gasteiger partial charge is 0.377 e. The molecule has 174 valence electrons. The highest BCUT2D eigenvalue weighted by molar-refractivity contribution is 5.99. The van der Waals surface area contributed by atoms with Crippen molar-refractivity contribution in [3.63, 3.8) is 0 Å². The molecule has 0 radical (unpaired) electrons. The predicted octanol–water partition coefficient (Wildman–Crippen LogP) is 2.42. The number of ether oxygens (including phenoxy) is 1. The molecular formula is C25H31N5O3. The molecule has 2 amide bonds. The van der Waals surface area contributed by atoms with Crippen LogP contribution in [0.4, 0.5) is 5.82 Å². The fourth-order valence-corrected chi connectivity index (χ4v) is 4.32. The monoisotopic (exact) mass is 449 g/mol. The number of hydrogen-bond donors (Lipinski definition) is 0. The second-order valence-electron chi connectivity index (χ2n) is 8.93. The van der Waals surface area contributed by atoms with E-state index in [9.17, 15) is 9.59 Å². The van der Waals surface area contributed by atoms with Gasteiger partial charge in [-0.1, -0.05) is 0 Å². The van der Waals surface area contributed by atoms with E-state index in [0.29, 0.717) is 37.3 Å². The lowest BCUT2D eigenvalue weighted by molar-refractivity contribution is -0.00158. The highest BCUT2D eigenvalue weighted by atomic mass is 16.5. The number of aryl methyl sites for hydroxylation is 1. The molecule has 0 saturated carbocycles. The van der Waals surface area contributed by atoms with Crippen molar-refractivity contribution < 1.29 is 14.3 Å². The number of anilines is 1. The first kappa shape index (κ1) is 22.8. The molecule has 0 N–H and O–H groups in total. The van der Waals surface area contributed by atoms with Crippen LogP contribution in [-0.4, -0.2) is 85.2 Å². The van der Waals surface area contributed by atoms with E-state index in [-0.39, 0.29) is 17.9 Å². The van der Waals surface area contributed by atoms with E-state index in [1.165, 1.54) is 0 Å². The molecule has 8 heteroatoms. The summed E-state index contributed by atoms with van der Waals surface area (Å²) in [6.07, 6.45) is 4.37. The fourth-order valence-electron chi connectivity index (χ4n) is 4.32. The van der Waals surface area contributed by atoms with Gasteiger partial charge in [-0.3, -0.25) is 9.59 Å². The summed E-state index contributed by atoms with van der Waals surface area (Å²) < 4.78 is 7.81. The lowest BCUT2D eigenvalue weighted by atomic mass is 10.0. The van der Waals surface area contributed by atoms with Crippen LogP contribution in [-0.2, 0) is 18.2 Å². The SMILES string of the molecule is CN(C)C(=O)c1ccc2c(c1)c(C[C@H]1COCCN1C(=O)c1ccc(N(C)C)nc1)cn2C. The number of amides is 2. The highest BCUT2D eigenvalue weighted by Crippen LogP contribution is 2.26.